The third-order valence-electron chi connectivity index (χ3n) is 4.30. The van der Waals surface area contributed by atoms with Crippen LogP contribution in [0.5, 0.6) is 0 Å². The summed E-state index contributed by atoms with van der Waals surface area (Å²) < 4.78 is 0. The molecule has 1 aromatic carbocycles. The molecule has 2 amide bonds. The number of carboxylic acid groups (broad SMARTS) is 2. The summed E-state index contributed by atoms with van der Waals surface area (Å²) in [6.07, 6.45) is -2.12. The van der Waals surface area contributed by atoms with Crippen LogP contribution in [0.2, 0.25) is 0 Å². The minimum Gasteiger partial charge on any atom is -0.465 e. The van der Waals surface area contributed by atoms with E-state index in [2.05, 4.69) is 10.6 Å². The molecule has 0 aromatic heterocycles. The largest absolute Gasteiger partial charge is 0.465 e. The van der Waals surface area contributed by atoms with Gasteiger partial charge < -0.3 is 26.0 Å². The third-order valence-corrected chi connectivity index (χ3v) is 4.30. The van der Waals surface area contributed by atoms with Gasteiger partial charge in [0.05, 0.1) is 11.6 Å². The zero-order valence-corrected chi connectivity index (χ0v) is 14.2. The predicted molar refractivity (Wildman–Crippen MR) is 90.1 cm³/mol. The molecule has 0 aliphatic heterocycles. The number of benzene rings is 1. The number of aliphatic hydroxyl groups is 1. The van der Waals surface area contributed by atoms with E-state index in [1.807, 2.05) is 51.1 Å². The zero-order valence-electron chi connectivity index (χ0n) is 14.2. The maximum absolute atomic E-state index is 11.5. The van der Waals surface area contributed by atoms with Gasteiger partial charge in [-0.15, -0.1) is 0 Å². The molecule has 0 saturated heterocycles. The fourth-order valence-electron chi connectivity index (χ4n) is 3.06. The molecule has 1 aromatic rings. The second-order valence-electron chi connectivity index (χ2n) is 6.83. The monoisotopic (exact) mass is 338 g/mol. The quantitative estimate of drug-likeness (QED) is 0.523. The van der Waals surface area contributed by atoms with Gasteiger partial charge in [-0.1, -0.05) is 51.1 Å². The Morgan fingerprint density at radius 3 is 2.08 bits per heavy atom. The van der Waals surface area contributed by atoms with E-state index in [1.54, 1.807) is 0 Å². The van der Waals surface area contributed by atoms with Crippen LogP contribution in [-0.4, -0.2) is 45.7 Å². The lowest BCUT2D eigenvalue weighted by Crippen LogP contribution is -2.69. The smallest absolute Gasteiger partial charge is 0.405 e. The van der Waals surface area contributed by atoms with Crippen molar-refractivity contribution in [3.63, 3.8) is 0 Å². The van der Waals surface area contributed by atoms with Crippen LogP contribution in [0.15, 0.2) is 30.3 Å². The second kappa shape index (κ2) is 8.01. The molecular weight excluding hydrogens is 312 g/mol. The van der Waals surface area contributed by atoms with Crippen molar-refractivity contribution in [2.45, 2.75) is 45.2 Å². The molecule has 0 saturated carbocycles. The molecule has 0 bridgehead atoms. The van der Waals surface area contributed by atoms with Crippen molar-refractivity contribution in [1.29, 1.82) is 0 Å². The first-order valence-corrected chi connectivity index (χ1v) is 7.78. The highest BCUT2D eigenvalue weighted by molar-refractivity contribution is 5.68. The van der Waals surface area contributed by atoms with Gasteiger partial charge in [0.25, 0.3) is 0 Å². The van der Waals surface area contributed by atoms with Crippen LogP contribution in [0.3, 0.4) is 0 Å². The fraction of sp³-hybridized carbons (Fsp3) is 0.529. The van der Waals surface area contributed by atoms with Crippen LogP contribution in [0.1, 0.15) is 32.8 Å². The molecule has 1 rings (SSSR count). The number of carbonyl (C=O) groups is 2. The number of hydrogen-bond acceptors (Lipinski definition) is 3. The maximum atomic E-state index is 11.5. The van der Waals surface area contributed by atoms with Gasteiger partial charge in [0.15, 0.2) is 0 Å². The average molecular weight is 338 g/mol. The molecular formula is C17H26N2O5. The van der Waals surface area contributed by atoms with E-state index in [1.165, 1.54) is 0 Å². The van der Waals surface area contributed by atoms with Crippen molar-refractivity contribution in [1.82, 2.24) is 10.6 Å². The van der Waals surface area contributed by atoms with Crippen molar-refractivity contribution in [2.75, 3.05) is 6.61 Å². The van der Waals surface area contributed by atoms with E-state index in [0.29, 0.717) is 0 Å². The van der Waals surface area contributed by atoms with E-state index < -0.39 is 29.2 Å². The summed E-state index contributed by atoms with van der Waals surface area (Å²) in [6.45, 7) is 5.28. The third kappa shape index (κ3) is 4.86. The molecule has 0 fully saturated rings. The normalized spacial score (nSPS) is 15.2. The van der Waals surface area contributed by atoms with E-state index >= 15 is 0 Å². The summed E-state index contributed by atoms with van der Waals surface area (Å²) in [4.78, 5) is 22.7. The molecule has 7 heteroatoms. The van der Waals surface area contributed by atoms with Crippen molar-refractivity contribution < 1.29 is 24.9 Å². The second-order valence-corrected chi connectivity index (χ2v) is 6.83. The molecule has 0 aliphatic carbocycles. The Hall–Kier alpha value is -2.28. The first-order valence-electron chi connectivity index (χ1n) is 7.78. The Labute approximate surface area is 141 Å². The van der Waals surface area contributed by atoms with Crippen molar-refractivity contribution in [2.24, 2.45) is 5.41 Å². The van der Waals surface area contributed by atoms with Gasteiger partial charge in [-0.3, -0.25) is 0 Å². The number of rotatable bonds is 7. The summed E-state index contributed by atoms with van der Waals surface area (Å²) in [5.41, 5.74) is -0.888. The topological polar surface area (TPSA) is 119 Å². The van der Waals surface area contributed by atoms with Gasteiger partial charge in [0, 0.05) is 6.61 Å². The summed E-state index contributed by atoms with van der Waals surface area (Å²) in [7, 11) is 0. The minimum absolute atomic E-state index is 0.0939. The van der Waals surface area contributed by atoms with Crippen molar-refractivity contribution in [3.8, 4) is 0 Å². The van der Waals surface area contributed by atoms with Gasteiger partial charge in [-0.2, -0.15) is 0 Å². The minimum atomic E-state index is -1.26. The molecule has 0 radical (unpaired) electrons. The molecule has 2 atom stereocenters. The molecule has 0 spiro atoms. The average Bonchev–Trinajstić information content (AvgIpc) is 2.45. The maximum Gasteiger partial charge on any atom is 0.405 e. The van der Waals surface area contributed by atoms with Gasteiger partial charge in [-0.05, 0) is 23.8 Å². The first-order chi connectivity index (χ1) is 11.1. The molecule has 0 aliphatic rings. The van der Waals surface area contributed by atoms with Gasteiger partial charge in [0.1, 0.15) is 0 Å². The SMILES string of the molecule is CC(C)(C)C(Cc1ccccc1)(NC(=O)O)[C@H](CCO)NC(=O)O. The Balaban J connectivity index is 3.43. The Morgan fingerprint density at radius 1 is 1.08 bits per heavy atom. The Bertz CT molecular complexity index is 556. The number of amides is 2. The van der Waals surface area contributed by atoms with E-state index in [0.717, 1.165) is 5.56 Å². The van der Waals surface area contributed by atoms with Gasteiger partial charge in [-0.25, -0.2) is 9.59 Å². The van der Waals surface area contributed by atoms with E-state index in [9.17, 15) is 24.9 Å². The zero-order chi connectivity index (χ0) is 18.4. The highest BCUT2D eigenvalue weighted by Gasteiger charge is 2.49. The lowest BCUT2D eigenvalue weighted by molar-refractivity contribution is 0.0686. The summed E-state index contributed by atoms with van der Waals surface area (Å²) >= 11 is 0. The standard InChI is InChI=1S/C17H26N2O5/c1-16(2,3)17(19-15(23)24,11-12-7-5-4-6-8-12)13(9-10-20)18-14(21)22/h4-8,13,18-20H,9-11H2,1-3H3,(H,21,22)(H,23,24)/t13-,17?/m0/s1. The summed E-state index contributed by atoms with van der Waals surface area (Å²) in [5, 5.41) is 32.9. The highest BCUT2D eigenvalue weighted by Crippen LogP contribution is 2.37. The predicted octanol–water partition coefficient (Wildman–Crippen LogP) is 2.30. The molecule has 134 valence electrons. The summed E-state index contributed by atoms with van der Waals surface area (Å²) in [6, 6.07) is 8.47. The van der Waals surface area contributed by atoms with Gasteiger partial charge >= 0.3 is 12.2 Å². The molecule has 24 heavy (non-hydrogen) atoms. The van der Waals surface area contributed by atoms with E-state index in [4.69, 9.17) is 0 Å². The first kappa shape index (κ1) is 19.8. The fourth-order valence-corrected chi connectivity index (χ4v) is 3.06. The lowest BCUT2D eigenvalue weighted by Gasteiger charge is -2.50. The molecule has 7 nitrogen and oxygen atoms in total. The highest BCUT2D eigenvalue weighted by atomic mass is 16.4. The Kier molecular flexibility index (Phi) is 6.60. The van der Waals surface area contributed by atoms with Crippen LogP contribution in [-0.2, 0) is 6.42 Å². The summed E-state index contributed by atoms with van der Waals surface area (Å²) in [5.74, 6) is 0. The van der Waals surface area contributed by atoms with Crippen LogP contribution in [0.25, 0.3) is 0 Å². The van der Waals surface area contributed by atoms with Crippen LogP contribution >= 0.6 is 0 Å². The van der Waals surface area contributed by atoms with Crippen LogP contribution in [0.4, 0.5) is 9.59 Å². The van der Waals surface area contributed by atoms with Crippen molar-refractivity contribution >= 4 is 12.2 Å². The number of aliphatic hydroxyl groups excluding tert-OH is 1. The van der Waals surface area contributed by atoms with Crippen LogP contribution in [0, 0.1) is 5.41 Å². The van der Waals surface area contributed by atoms with E-state index in [-0.39, 0.29) is 19.4 Å². The Morgan fingerprint density at radius 2 is 1.67 bits per heavy atom. The molecule has 1 unspecified atom stereocenters. The number of hydrogen-bond donors (Lipinski definition) is 5. The van der Waals surface area contributed by atoms with Crippen LogP contribution < -0.4 is 10.6 Å². The molecule has 0 heterocycles. The lowest BCUT2D eigenvalue weighted by atomic mass is 9.65. The van der Waals surface area contributed by atoms with Gasteiger partial charge in [0.2, 0.25) is 0 Å². The molecule has 5 N–H and O–H groups in total. The van der Waals surface area contributed by atoms with Crippen molar-refractivity contribution in [3.05, 3.63) is 35.9 Å². The number of nitrogens with one attached hydrogen (secondary N) is 2.